The van der Waals surface area contributed by atoms with Crippen LogP contribution in [0.4, 0.5) is 5.82 Å². The number of aryl methyl sites for hydroxylation is 1. The minimum absolute atomic E-state index is 0. The number of nitrogens with one attached hydrogen (secondary N) is 1. The van der Waals surface area contributed by atoms with E-state index in [0.717, 1.165) is 11.4 Å². The van der Waals surface area contributed by atoms with Gasteiger partial charge in [0.1, 0.15) is 5.82 Å². The van der Waals surface area contributed by atoms with Crippen molar-refractivity contribution in [2.75, 3.05) is 11.6 Å². The zero-order valence-corrected chi connectivity index (χ0v) is 10.5. The first-order valence-corrected chi connectivity index (χ1v) is 4.81. The van der Waals surface area contributed by atoms with E-state index >= 15 is 0 Å². The summed E-state index contributed by atoms with van der Waals surface area (Å²) in [6.45, 7) is 2.00. The summed E-state index contributed by atoms with van der Waals surface area (Å²) < 4.78 is 0. The van der Waals surface area contributed by atoms with Crippen LogP contribution in [0.2, 0.25) is 0 Å². The van der Waals surface area contributed by atoms with Gasteiger partial charge < -0.3 is 24.0 Å². The summed E-state index contributed by atoms with van der Waals surface area (Å²) in [5.41, 5.74) is 6.71. The van der Waals surface area contributed by atoms with E-state index in [0.29, 0.717) is 5.11 Å². The Labute approximate surface area is 99.1 Å². The molecule has 0 unspecified atom stereocenters. The number of halogens is 1. The Morgan fingerprint density at radius 2 is 2.23 bits per heavy atom. The molecule has 0 spiro atoms. The maximum Gasteiger partial charge on any atom is 0.344 e. The van der Waals surface area contributed by atoms with E-state index in [1.54, 1.807) is 6.20 Å². The first-order chi connectivity index (χ1) is 5.72. The van der Waals surface area contributed by atoms with Gasteiger partial charge in [0, 0.05) is 6.20 Å². The monoisotopic (exact) mass is 309 g/mol. The van der Waals surface area contributed by atoms with Gasteiger partial charge in [0.15, 0.2) is 6.26 Å². The number of pyridine rings is 1. The van der Waals surface area contributed by atoms with E-state index < -0.39 is 0 Å². The molecule has 0 bridgehead atoms. The second-order valence-electron chi connectivity index (χ2n) is 2.41. The lowest BCUT2D eigenvalue weighted by Crippen LogP contribution is -3.00. The molecule has 3 N–H and O–H groups in total. The van der Waals surface area contributed by atoms with Gasteiger partial charge in [-0.3, -0.25) is 5.32 Å². The summed E-state index contributed by atoms with van der Waals surface area (Å²) in [4.78, 5) is 4.14. The van der Waals surface area contributed by atoms with E-state index in [9.17, 15) is 0 Å². The van der Waals surface area contributed by atoms with Crippen molar-refractivity contribution in [1.82, 2.24) is 4.98 Å². The first kappa shape index (κ1) is 12.7. The number of nitrogens with two attached hydrogens (primary N) is 1. The molecule has 1 aromatic rings. The molecular formula is C8H12IN3S. The van der Waals surface area contributed by atoms with Crippen molar-refractivity contribution >= 4 is 22.3 Å². The fourth-order valence-electron chi connectivity index (χ4n) is 0.719. The van der Waals surface area contributed by atoms with Crippen LogP contribution in [-0.4, -0.2) is 16.4 Å². The van der Waals surface area contributed by atoms with Crippen LogP contribution < -0.4 is 35.0 Å². The van der Waals surface area contributed by atoms with Gasteiger partial charge in [0.05, 0.1) is 0 Å². The van der Waals surface area contributed by atoms with Gasteiger partial charge in [-0.2, -0.15) is 0 Å². The Morgan fingerprint density at radius 1 is 1.54 bits per heavy atom. The second kappa shape index (κ2) is 6.22. The lowest BCUT2D eigenvalue weighted by molar-refractivity contribution is -0.00000270. The molecule has 0 aromatic carbocycles. The Morgan fingerprint density at radius 3 is 2.69 bits per heavy atom. The average molecular weight is 309 g/mol. The lowest BCUT2D eigenvalue weighted by atomic mass is 10.3. The Bertz CT molecular complexity index is 284. The number of aromatic nitrogens is 1. The Kier molecular flexibility index (Phi) is 6.10. The molecular weight excluding hydrogens is 297 g/mol. The highest BCUT2D eigenvalue weighted by Gasteiger charge is 2.00. The van der Waals surface area contributed by atoms with Crippen molar-refractivity contribution in [2.45, 2.75) is 6.92 Å². The minimum atomic E-state index is 0. The predicted molar refractivity (Wildman–Crippen MR) is 55.1 cm³/mol. The molecule has 1 heterocycles. The van der Waals surface area contributed by atoms with Gasteiger partial charge in [-0.05, 0) is 18.6 Å². The first-order valence-electron chi connectivity index (χ1n) is 3.58. The molecule has 0 saturated carbocycles. The van der Waals surface area contributed by atoms with E-state index in [4.69, 9.17) is 5.73 Å². The van der Waals surface area contributed by atoms with Crippen molar-refractivity contribution in [3.8, 4) is 0 Å². The number of hydrogen-bond acceptors (Lipinski definition) is 1. The lowest BCUT2D eigenvalue weighted by Gasteiger charge is -1.97. The smallest absolute Gasteiger partial charge is 0.344 e. The summed E-state index contributed by atoms with van der Waals surface area (Å²) in [6, 6.07) is 3.89. The van der Waals surface area contributed by atoms with Crippen LogP contribution in [0.3, 0.4) is 0 Å². The zero-order chi connectivity index (χ0) is 8.97. The topological polar surface area (TPSA) is 50.9 Å². The Balaban J connectivity index is 0.00000144. The van der Waals surface area contributed by atoms with Crippen molar-refractivity contribution in [3.05, 3.63) is 23.9 Å². The van der Waals surface area contributed by atoms with Crippen molar-refractivity contribution in [3.63, 3.8) is 0 Å². The highest BCUT2D eigenvalue weighted by molar-refractivity contribution is 7.78. The molecule has 0 amide bonds. The minimum Gasteiger partial charge on any atom is -1.00 e. The van der Waals surface area contributed by atoms with Crippen LogP contribution in [0.5, 0.6) is 0 Å². The largest absolute Gasteiger partial charge is 1.00 e. The highest BCUT2D eigenvalue weighted by atomic mass is 127. The molecule has 3 nitrogen and oxygen atoms in total. The van der Waals surface area contributed by atoms with Crippen molar-refractivity contribution < 1.29 is 24.0 Å². The van der Waals surface area contributed by atoms with Gasteiger partial charge >= 0.3 is 5.11 Å². The molecule has 5 heteroatoms. The summed E-state index contributed by atoms with van der Waals surface area (Å²) in [5, 5.41) is 3.62. The summed E-state index contributed by atoms with van der Waals surface area (Å²) >= 11 is 1.47. The molecule has 0 saturated heterocycles. The van der Waals surface area contributed by atoms with Crippen molar-refractivity contribution in [1.29, 1.82) is 0 Å². The van der Waals surface area contributed by atoms with Crippen LogP contribution in [-0.2, 0) is 11.4 Å². The molecule has 0 aliphatic rings. The van der Waals surface area contributed by atoms with E-state index in [2.05, 4.69) is 10.3 Å². The van der Waals surface area contributed by atoms with Gasteiger partial charge in [-0.25, -0.2) is 10.7 Å². The van der Waals surface area contributed by atoms with Gasteiger partial charge in [-0.15, -0.1) is 0 Å². The predicted octanol–water partition coefficient (Wildman–Crippen LogP) is -2.44. The molecule has 0 radical (unpaired) electrons. The van der Waals surface area contributed by atoms with Crippen LogP contribution in [0.15, 0.2) is 18.3 Å². The van der Waals surface area contributed by atoms with Gasteiger partial charge in [-0.1, -0.05) is 6.07 Å². The Hall–Kier alpha value is -0.270. The third-order valence-electron chi connectivity index (χ3n) is 1.38. The maximum atomic E-state index is 5.57. The van der Waals surface area contributed by atoms with E-state index in [1.165, 1.54) is 11.4 Å². The fourth-order valence-corrected chi connectivity index (χ4v) is 0.926. The summed E-state index contributed by atoms with van der Waals surface area (Å²) in [7, 11) is 0. The maximum absolute atomic E-state index is 5.57. The van der Waals surface area contributed by atoms with Crippen LogP contribution >= 0.6 is 0 Å². The summed E-state index contributed by atoms with van der Waals surface area (Å²) in [5.74, 6) is 0.785. The molecule has 1 aromatic heterocycles. The van der Waals surface area contributed by atoms with Crippen LogP contribution in [0, 0.1) is 6.92 Å². The average Bonchev–Trinajstić information content (AvgIpc) is 2.09. The molecule has 0 atom stereocenters. The molecule has 0 aliphatic carbocycles. The SMILES string of the molecule is C/[S+]=C(\N)Nc1ccc(C)cn1.[I-]. The number of hydrogen-bond donors (Lipinski definition) is 2. The quantitative estimate of drug-likeness (QED) is 0.344. The fraction of sp³-hybridized carbons (Fsp3) is 0.250. The highest BCUT2D eigenvalue weighted by Crippen LogP contribution is 2.02. The summed E-state index contributed by atoms with van der Waals surface area (Å²) in [6.07, 6.45) is 3.71. The zero-order valence-electron chi connectivity index (χ0n) is 7.54. The molecule has 0 aliphatic heterocycles. The molecule has 13 heavy (non-hydrogen) atoms. The standard InChI is InChI=1S/C8H12N3S.HI/c1-6-3-4-7(10-5-6)11-8(9)12-2;/h3-5H,9H2,1-2H3,(H,10,11);1H/q+1;/p-1. The number of nitrogens with zero attached hydrogens (tertiary/aromatic N) is 1. The number of rotatable bonds is 1. The number of anilines is 1. The van der Waals surface area contributed by atoms with Crippen LogP contribution in [0.25, 0.3) is 0 Å². The van der Waals surface area contributed by atoms with Gasteiger partial charge in [0.25, 0.3) is 0 Å². The van der Waals surface area contributed by atoms with Gasteiger partial charge in [0.2, 0.25) is 11.4 Å². The third-order valence-corrected chi connectivity index (χ3v) is 1.92. The second-order valence-corrected chi connectivity index (χ2v) is 3.26. The van der Waals surface area contributed by atoms with Crippen molar-refractivity contribution in [2.24, 2.45) is 5.73 Å². The molecule has 72 valence electrons. The molecule has 0 fully saturated rings. The molecule has 1 rings (SSSR count). The third kappa shape index (κ3) is 4.49. The van der Waals surface area contributed by atoms with E-state index in [1.807, 2.05) is 25.3 Å². The van der Waals surface area contributed by atoms with E-state index in [-0.39, 0.29) is 24.0 Å². The van der Waals surface area contributed by atoms with Crippen LogP contribution in [0.1, 0.15) is 5.56 Å². The normalized spacial score (nSPS) is 10.5.